The number of nitrogens with zero attached hydrogens (tertiary/aromatic N) is 1. The van der Waals surface area contributed by atoms with Crippen molar-refractivity contribution in [3.8, 4) is 11.1 Å². The lowest BCUT2D eigenvalue weighted by atomic mass is 9.98. The Bertz CT molecular complexity index is 1300. The topological polar surface area (TPSA) is 116 Å². The molecule has 0 bridgehead atoms. The Morgan fingerprint density at radius 2 is 1.51 bits per heavy atom. The minimum Gasteiger partial charge on any atom is -0.479 e. The Labute approximate surface area is 229 Å². The Morgan fingerprint density at radius 1 is 0.897 bits per heavy atom. The van der Waals surface area contributed by atoms with E-state index in [0.29, 0.717) is 0 Å². The molecular formula is C31H38N2O6. The molecule has 208 valence electrons. The Kier molecular flexibility index (Phi) is 9.70. The van der Waals surface area contributed by atoms with Gasteiger partial charge in [-0.25, -0.2) is 14.4 Å². The van der Waals surface area contributed by atoms with Gasteiger partial charge < -0.3 is 25.2 Å². The number of aliphatic carboxylic acids is 1. The number of carboxylic acid groups (broad SMARTS) is 1. The molecule has 8 heteroatoms. The zero-order valence-corrected chi connectivity index (χ0v) is 23.2. The van der Waals surface area contributed by atoms with Gasteiger partial charge in [-0.15, -0.1) is 0 Å². The van der Waals surface area contributed by atoms with E-state index >= 15 is 0 Å². The summed E-state index contributed by atoms with van der Waals surface area (Å²) in [6.07, 6.45) is -1.56. The van der Waals surface area contributed by atoms with Crippen molar-refractivity contribution in [3.63, 3.8) is 0 Å². The molecule has 2 atom stereocenters. The van der Waals surface area contributed by atoms with Crippen LogP contribution < -0.4 is 5.32 Å². The summed E-state index contributed by atoms with van der Waals surface area (Å²) in [7, 11) is 0. The first kappa shape index (κ1) is 29.6. The smallest absolute Gasteiger partial charge is 0.334 e. The van der Waals surface area contributed by atoms with E-state index in [0.717, 1.165) is 27.5 Å². The molecule has 0 fully saturated rings. The summed E-state index contributed by atoms with van der Waals surface area (Å²) < 4.78 is 5.57. The molecule has 0 spiro atoms. The maximum absolute atomic E-state index is 13.2. The molecule has 0 aromatic heterocycles. The summed E-state index contributed by atoms with van der Waals surface area (Å²) in [5, 5.41) is 24.0. The van der Waals surface area contributed by atoms with Crippen LogP contribution in [0.2, 0.25) is 0 Å². The fraction of sp³-hybridized carbons (Fsp3) is 0.387. The van der Waals surface area contributed by atoms with Gasteiger partial charge in [0.2, 0.25) is 0 Å². The van der Waals surface area contributed by atoms with Gasteiger partial charge in [0.15, 0.2) is 6.10 Å². The highest BCUT2D eigenvalue weighted by atomic mass is 16.6. The molecule has 0 aliphatic carbocycles. The Hall–Kier alpha value is -3.91. The van der Waals surface area contributed by atoms with Crippen LogP contribution in [0, 0.1) is 5.92 Å². The largest absolute Gasteiger partial charge is 0.479 e. The number of nitrogens with one attached hydrogen (secondary N) is 1. The molecular weight excluding hydrogens is 496 g/mol. The van der Waals surface area contributed by atoms with E-state index < -0.39 is 42.3 Å². The molecule has 3 rings (SSSR count). The van der Waals surface area contributed by atoms with Crippen molar-refractivity contribution < 1.29 is 29.3 Å². The van der Waals surface area contributed by atoms with Crippen LogP contribution in [0.3, 0.4) is 0 Å². The van der Waals surface area contributed by atoms with Crippen LogP contribution in [0.15, 0.2) is 66.7 Å². The van der Waals surface area contributed by atoms with E-state index in [1.54, 1.807) is 20.8 Å². The van der Waals surface area contributed by atoms with Gasteiger partial charge in [0.25, 0.3) is 0 Å². The number of fused-ring (bicyclic) bond motifs is 1. The van der Waals surface area contributed by atoms with Crippen molar-refractivity contribution in [1.82, 2.24) is 10.2 Å². The molecule has 0 saturated heterocycles. The number of esters is 1. The third-order valence-corrected chi connectivity index (χ3v) is 6.02. The van der Waals surface area contributed by atoms with Crippen LogP contribution in [0.5, 0.6) is 0 Å². The first-order valence-electron chi connectivity index (χ1n) is 13.1. The molecule has 8 nitrogen and oxygen atoms in total. The monoisotopic (exact) mass is 534 g/mol. The van der Waals surface area contributed by atoms with Crippen LogP contribution in [-0.4, -0.2) is 63.9 Å². The number of amides is 2. The number of hydrogen-bond donors (Lipinski definition) is 3. The van der Waals surface area contributed by atoms with Gasteiger partial charge in [0, 0.05) is 13.0 Å². The quantitative estimate of drug-likeness (QED) is 0.320. The van der Waals surface area contributed by atoms with Gasteiger partial charge in [-0.3, -0.25) is 0 Å². The van der Waals surface area contributed by atoms with Gasteiger partial charge in [-0.05, 0) is 60.2 Å². The lowest BCUT2D eigenvalue weighted by Gasteiger charge is -2.29. The minimum absolute atomic E-state index is 0.0133. The van der Waals surface area contributed by atoms with Gasteiger partial charge >= 0.3 is 18.0 Å². The molecule has 3 aromatic carbocycles. The first-order valence-corrected chi connectivity index (χ1v) is 13.1. The van der Waals surface area contributed by atoms with E-state index in [9.17, 15) is 19.5 Å². The predicted octanol–water partition coefficient (Wildman–Crippen LogP) is 4.87. The predicted molar refractivity (Wildman–Crippen MR) is 151 cm³/mol. The van der Waals surface area contributed by atoms with E-state index in [1.165, 1.54) is 4.90 Å². The molecule has 0 heterocycles. The summed E-state index contributed by atoms with van der Waals surface area (Å²) in [6, 6.07) is 20.5. The zero-order valence-electron chi connectivity index (χ0n) is 23.2. The summed E-state index contributed by atoms with van der Waals surface area (Å²) in [4.78, 5) is 38.6. The maximum atomic E-state index is 13.2. The molecule has 39 heavy (non-hydrogen) atoms. The second-order valence-corrected chi connectivity index (χ2v) is 11.2. The number of aliphatic hydroxyl groups is 1. The maximum Gasteiger partial charge on any atom is 0.334 e. The SMILES string of the molecule is CC(C)CN(CC(O)C(=O)O)C(=O)N[C@@H](Cc1ccc(-c2ccc3ccccc3c2)cc1)C(=O)OC(C)(C)C. The Morgan fingerprint density at radius 3 is 2.10 bits per heavy atom. The van der Waals surface area contributed by atoms with Crippen molar-refractivity contribution in [2.24, 2.45) is 5.92 Å². The highest BCUT2D eigenvalue weighted by Gasteiger charge is 2.30. The average molecular weight is 535 g/mol. The number of carboxylic acids is 1. The summed E-state index contributed by atoms with van der Waals surface area (Å²) in [5.41, 5.74) is 2.14. The van der Waals surface area contributed by atoms with Crippen molar-refractivity contribution in [3.05, 3.63) is 72.3 Å². The van der Waals surface area contributed by atoms with Crippen LogP contribution >= 0.6 is 0 Å². The van der Waals surface area contributed by atoms with Crippen LogP contribution in [-0.2, 0) is 20.7 Å². The van der Waals surface area contributed by atoms with Crippen LogP contribution in [0.4, 0.5) is 4.79 Å². The van der Waals surface area contributed by atoms with Crippen molar-refractivity contribution in [2.75, 3.05) is 13.1 Å². The molecule has 1 unspecified atom stereocenters. The number of hydrogen-bond acceptors (Lipinski definition) is 5. The minimum atomic E-state index is -1.74. The molecule has 0 aliphatic heterocycles. The van der Waals surface area contributed by atoms with Crippen LogP contribution in [0.1, 0.15) is 40.2 Å². The second-order valence-electron chi connectivity index (χ2n) is 11.2. The lowest BCUT2D eigenvalue weighted by molar-refractivity contribution is -0.157. The lowest BCUT2D eigenvalue weighted by Crippen LogP contribution is -2.53. The van der Waals surface area contributed by atoms with Crippen molar-refractivity contribution in [1.29, 1.82) is 0 Å². The number of carbonyl (C=O) groups is 3. The molecule has 0 radical (unpaired) electrons. The van der Waals surface area contributed by atoms with Gasteiger partial charge in [0.05, 0.1) is 6.54 Å². The second kappa shape index (κ2) is 12.8. The number of carbonyl (C=O) groups excluding carboxylic acids is 2. The number of ether oxygens (including phenoxy) is 1. The highest BCUT2D eigenvalue weighted by Crippen LogP contribution is 2.25. The molecule has 3 N–H and O–H groups in total. The van der Waals surface area contributed by atoms with E-state index in [4.69, 9.17) is 9.84 Å². The number of rotatable bonds is 10. The molecule has 3 aromatic rings. The van der Waals surface area contributed by atoms with Crippen LogP contribution in [0.25, 0.3) is 21.9 Å². The normalized spacial score (nSPS) is 13.1. The average Bonchev–Trinajstić information content (AvgIpc) is 2.86. The summed E-state index contributed by atoms with van der Waals surface area (Å²) in [6.45, 7) is 8.79. The highest BCUT2D eigenvalue weighted by molar-refractivity contribution is 5.87. The van der Waals surface area contributed by atoms with Gasteiger partial charge in [-0.2, -0.15) is 0 Å². The summed E-state index contributed by atoms with van der Waals surface area (Å²) in [5.74, 6) is -2.01. The standard InChI is InChI=1S/C31H38N2O6/c1-20(2)18-33(19-27(34)28(35)36)30(38)32-26(29(37)39-31(3,4)5)16-21-10-12-23(13-11-21)25-15-14-22-8-6-7-9-24(22)17-25/h6-15,17,20,26-27,34H,16,18-19H2,1-5H3,(H,32,38)(H,35,36)/t26-,27?/m0/s1. The van der Waals surface area contributed by atoms with E-state index in [2.05, 4.69) is 35.6 Å². The van der Waals surface area contributed by atoms with Crippen molar-refractivity contribution in [2.45, 2.75) is 58.8 Å². The van der Waals surface area contributed by atoms with Gasteiger partial charge in [0.1, 0.15) is 11.6 Å². The first-order chi connectivity index (χ1) is 18.3. The fourth-order valence-electron chi connectivity index (χ4n) is 4.21. The van der Waals surface area contributed by atoms with Crippen molar-refractivity contribution >= 4 is 28.7 Å². The number of urea groups is 1. The molecule has 0 saturated carbocycles. The van der Waals surface area contributed by atoms with Gasteiger partial charge in [-0.1, -0.05) is 74.5 Å². The fourth-order valence-corrected chi connectivity index (χ4v) is 4.21. The molecule has 0 aliphatic rings. The zero-order chi connectivity index (χ0) is 28.7. The third kappa shape index (κ3) is 8.82. The van der Waals surface area contributed by atoms with E-state index in [-0.39, 0.29) is 18.9 Å². The Balaban J connectivity index is 1.81. The van der Waals surface area contributed by atoms with E-state index in [1.807, 2.05) is 50.2 Å². The molecule has 2 amide bonds. The number of aliphatic hydroxyl groups excluding tert-OH is 1. The third-order valence-electron chi connectivity index (χ3n) is 6.02. The summed E-state index contributed by atoms with van der Waals surface area (Å²) >= 11 is 0. The number of benzene rings is 3.